The highest BCUT2D eigenvalue weighted by molar-refractivity contribution is 5.98. The lowest BCUT2D eigenvalue weighted by atomic mass is 10.0. The van der Waals surface area contributed by atoms with Gasteiger partial charge in [0.1, 0.15) is 11.3 Å². The van der Waals surface area contributed by atoms with Gasteiger partial charge < -0.3 is 21.3 Å². The van der Waals surface area contributed by atoms with Crippen molar-refractivity contribution in [3.05, 3.63) is 58.4 Å². The molecule has 0 aliphatic heterocycles. The number of benzene rings is 1. The van der Waals surface area contributed by atoms with Crippen LogP contribution in [0.5, 0.6) is 5.75 Å². The second kappa shape index (κ2) is 10.4. The number of fused-ring (bicyclic) bond motifs is 1. The summed E-state index contributed by atoms with van der Waals surface area (Å²) in [6, 6.07) is 9.89. The Labute approximate surface area is 176 Å². The molecule has 1 amide bonds. The Morgan fingerprint density at radius 2 is 2.04 bits per heavy atom. The number of pyridine rings is 1. The number of hydrogen-bond acceptors (Lipinski definition) is 5. The second-order valence-corrected chi connectivity index (χ2v) is 6.26. The van der Waals surface area contributed by atoms with E-state index in [9.17, 15) is 9.90 Å². The number of amides is 1. The quantitative estimate of drug-likeness (QED) is 0.630. The number of aliphatic hydroxyl groups is 1. The van der Waals surface area contributed by atoms with Crippen LogP contribution in [0.2, 0.25) is 0 Å². The van der Waals surface area contributed by atoms with Crippen molar-refractivity contribution < 1.29 is 14.6 Å². The number of ether oxygens (including phenoxy) is 1. The van der Waals surface area contributed by atoms with Crippen molar-refractivity contribution in [1.29, 1.82) is 0 Å². The number of rotatable bonds is 7. The highest BCUT2D eigenvalue weighted by Crippen LogP contribution is 2.34. The number of nitrogens with two attached hydrogens (primary N) is 2. The fourth-order valence-corrected chi connectivity index (χ4v) is 3.17. The van der Waals surface area contributed by atoms with Crippen LogP contribution in [0, 0.1) is 0 Å². The van der Waals surface area contributed by atoms with Crippen molar-refractivity contribution >= 4 is 42.4 Å². The first-order valence-corrected chi connectivity index (χ1v) is 8.67. The molecule has 0 radical (unpaired) electrons. The number of aromatic nitrogens is 1. The molecule has 0 spiro atoms. The summed E-state index contributed by atoms with van der Waals surface area (Å²) in [5.74, 6) is -0.239. The average Bonchev–Trinajstić information content (AvgIpc) is 3.05. The van der Waals surface area contributed by atoms with Gasteiger partial charge in [-0.05, 0) is 29.7 Å². The highest BCUT2D eigenvalue weighted by atomic mass is 35.5. The minimum Gasteiger partial charge on any atom is -0.493 e. The summed E-state index contributed by atoms with van der Waals surface area (Å²) in [5, 5.41) is 9.96. The zero-order valence-corrected chi connectivity index (χ0v) is 17.2. The van der Waals surface area contributed by atoms with Gasteiger partial charge in [0.25, 0.3) is 5.91 Å². The van der Waals surface area contributed by atoms with Crippen LogP contribution in [-0.2, 0) is 12.8 Å². The Morgan fingerprint density at radius 3 is 2.64 bits per heavy atom. The molecular formula is C20H25Cl2N3O3. The number of carbonyl (C=O) groups is 1. The van der Waals surface area contributed by atoms with E-state index in [1.54, 1.807) is 6.07 Å². The van der Waals surface area contributed by atoms with Crippen LogP contribution in [0.4, 0.5) is 0 Å². The third-order valence-electron chi connectivity index (χ3n) is 4.40. The van der Waals surface area contributed by atoms with Crippen LogP contribution in [-0.4, -0.2) is 35.3 Å². The van der Waals surface area contributed by atoms with Crippen LogP contribution < -0.4 is 16.2 Å². The predicted octanol–water partition coefficient (Wildman–Crippen LogP) is 2.38. The van der Waals surface area contributed by atoms with Crippen molar-refractivity contribution in [3.63, 3.8) is 0 Å². The number of aliphatic hydroxyl groups excluding tert-OH is 1. The fourth-order valence-electron chi connectivity index (χ4n) is 3.17. The molecule has 2 aromatic rings. The Bertz CT molecular complexity index is 872. The first-order chi connectivity index (χ1) is 12.5. The molecule has 0 bridgehead atoms. The topological polar surface area (TPSA) is 111 Å². The minimum absolute atomic E-state index is 0. The van der Waals surface area contributed by atoms with E-state index in [0.29, 0.717) is 23.7 Å². The first kappa shape index (κ1) is 23.9. The molecule has 0 fully saturated rings. The van der Waals surface area contributed by atoms with Crippen LogP contribution >= 0.6 is 24.8 Å². The molecule has 8 heteroatoms. The maximum Gasteiger partial charge on any atom is 0.254 e. The van der Waals surface area contributed by atoms with Crippen LogP contribution in [0.15, 0.2) is 30.3 Å². The number of allylic oxidation sites excluding steroid dienone is 1. The maximum atomic E-state index is 12.0. The SMILES string of the molecule is CCOc1cc(C2=Cc3ccccc3C2)nc(CC(O)CN)c1C(N)=O.Cl.Cl. The molecule has 5 N–H and O–H groups in total. The smallest absolute Gasteiger partial charge is 0.254 e. The summed E-state index contributed by atoms with van der Waals surface area (Å²) in [7, 11) is 0. The van der Waals surface area contributed by atoms with E-state index in [2.05, 4.69) is 23.2 Å². The normalized spacial score (nSPS) is 12.9. The van der Waals surface area contributed by atoms with Gasteiger partial charge in [0.2, 0.25) is 0 Å². The minimum atomic E-state index is -0.805. The summed E-state index contributed by atoms with van der Waals surface area (Å²) in [5.41, 5.74) is 15.8. The molecule has 6 nitrogen and oxygen atoms in total. The summed E-state index contributed by atoms with van der Waals surface area (Å²) >= 11 is 0. The van der Waals surface area contributed by atoms with Gasteiger partial charge in [0, 0.05) is 25.5 Å². The van der Waals surface area contributed by atoms with Crippen molar-refractivity contribution in [2.24, 2.45) is 11.5 Å². The van der Waals surface area contributed by atoms with E-state index in [0.717, 1.165) is 17.6 Å². The van der Waals surface area contributed by atoms with E-state index in [4.69, 9.17) is 16.2 Å². The average molecular weight is 426 g/mol. The summed E-state index contributed by atoms with van der Waals surface area (Å²) in [4.78, 5) is 16.6. The van der Waals surface area contributed by atoms with E-state index in [-0.39, 0.29) is 43.3 Å². The van der Waals surface area contributed by atoms with Gasteiger partial charge in [0.05, 0.1) is 24.1 Å². The summed E-state index contributed by atoms with van der Waals surface area (Å²) in [6.45, 7) is 2.30. The third-order valence-corrected chi connectivity index (χ3v) is 4.40. The second-order valence-electron chi connectivity index (χ2n) is 6.26. The lowest BCUT2D eigenvalue weighted by Crippen LogP contribution is -2.26. The van der Waals surface area contributed by atoms with Gasteiger partial charge in [0.15, 0.2) is 0 Å². The van der Waals surface area contributed by atoms with Gasteiger partial charge >= 0.3 is 0 Å². The van der Waals surface area contributed by atoms with Crippen LogP contribution in [0.25, 0.3) is 11.6 Å². The van der Waals surface area contributed by atoms with Gasteiger partial charge in [-0.1, -0.05) is 24.3 Å². The fraction of sp³-hybridized carbons (Fsp3) is 0.300. The molecule has 0 saturated heterocycles. The molecular weight excluding hydrogens is 401 g/mol. The van der Waals surface area contributed by atoms with Gasteiger partial charge in [-0.15, -0.1) is 24.8 Å². The van der Waals surface area contributed by atoms with Gasteiger partial charge in [-0.2, -0.15) is 0 Å². The molecule has 3 rings (SSSR count). The molecule has 1 aliphatic carbocycles. The number of carbonyl (C=O) groups excluding carboxylic acids is 1. The molecule has 1 aromatic carbocycles. The van der Waals surface area contributed by atoms with Gasteiger partial charge in [-0.3, -0.25) is 9.78 Å². The largest absolute Gasteiger partial charge is 0.493 e. The van der Waals surface area contributed by atoms with Crippen molar-refractivity contribution in [3.8, 4) is 5.75 Å². The van der Waals surface area contributed by atoms with E-state index >= 15 is 0 Å². The monoisotopic (exact) mass is 425 g/mol. The number of hydrogen-bond donors (Lipinski definition) is 3. The summed E-state index contributed by atoms with van der Waals surface area (Å²) < 4.78 is 5.65. The lowest BCUT2D eigenvalue weighted by Gasteiger charge is -2.16. The number of nitrogens with zero attached hydrogens (tertiary/aromatic N) is 1. The highest BCUT2D eigenvalue weighted by Gasteiger charge is 2.23. The maximum absolute atomic E-state index is 12.0. The third kappa shape index (κ3) is 5.02. The molecule has 0 saturated carbocycles. The van der Waals surface area contributed by atoms with Crippen LogP contribution in [0.1, 0.15) is 39.8 Å². The zero-order valence-electron chi connectivity index (χ0n) is 15.6. The molecule has 1 heterocycles. The molecule has 152 valence electrons. The first-order valence-electron chi connectivity index (χ1n) is 8.67. The lowest BCUT2D eigenvalue weighted by molar-refractivity contribution is 0.0994. The Kier molecular flexibility index (Phi) is 8.91. The van der Waals surface area contributed by atoms with E-state index in [1.807, 2.05) is 19.1 Å². The molecule has 1 aromatic heterocycles. The van der Waals surface area contributed by atoms with Crippen molar-refractivity contribution in [2.45, 2.75) is 25.9 Å². The number of halogens is 2. The molecule has 1 unspecified atom stereocenters. The predicted molar refractivity (Wildman–Crippen MR) is 115 cm³/mol. The summed E-state index contributed by atoms with van der Waals surface area (Å²) in [6.07, 6.45) is 2.17. The standard InChI is InChI=1S/C20H23N3O3.2ClH/c1-2-26-18-10-16(14-7-12-5-3-4-6-13(12)8-14)23-17(9-15(24)11-21)19(18)20(22)25;;/h3-7,10,15,24H,2,8-9,11,21H2,1H3,(H2,22,25);2*1H. The molecule has 1 atom stereocenters. The Hall–Kier alpha value is -2.12. The Morgan fingerprint density at radius 1 is 1.32 bits per heavy atom. The van der Waals surface area contributed by atoms with Crippen LogP contribution in [0.3, 0.4) is 0 Å². The Balaban J connectivity index is 0.00000196. The van der Waals surface area contributed by atoms with Crippen molar-refractivity contribution in [2.75, 3.05) is 13.2 Å². The number of primary amides is 1. The zero-order chi connectivity index (χ0) is 18.7. The molecule has 1 aliphatic rings. The molecule has 28 heavy (non-hydrogen) atoms. The van der Waals surface area contributed by atoms with Gasteiger partial charge in [-0.25, -0.2) is 0 Å². The van der Waals surface area contributed by atoms with E-state index < -0.39 is 12.0 Å². The van der Waals surface area contributed by atoms with E-state index in [1.165, 1.54) is 5.56 Å². The van der Waals surface area contributed by atoms with Crippen molar-refractivity contribution in [1.82, 2.24) is 4.98 Å².